The smallest absolute Gasteiger partial charge is 0.0233 e. The Kier molecular flexibility index (Phi) is 4.19. The Bertz CT molecular complexity index is 423. The molecule has 0 amide bonds. The maximum absolute atomic E-state index is 3.48. The molecule has 1 saturated carbocycles. The second-order valence-electron chi connectivity index (χ2n) is 6.21. The van der Waals surface area contributed by atoms with E-state index in [0.29, 0.717) is 0 Å². The molecule has 0 spiro atoms. The minimum Gasteiger partial charge on any atom is -0.312 e. The summed E-state index contributed by atoms with van der Waals surface area (Å²) in [6.45, 7) is 8.17. The van der Waals surface area contributed by atoms with Crippen LogP contribution in [0.15, 0.2) is 18.2 Å². The van der Waals surface area contributed by atoms with Crippen molar-refractivity contribution in [2.75, 3.05) is 19.6 Å². The minimum absolute atomic E-state index is 0.992. The lowest BCUT2D eigenvalue weighted by molar-refractivity contribution is 0.255. The molecular weight excluding hydrogens is 232 g/mol. The van der Waals surface area contributed by atoms with Crippen LogP contribution in [0.25, 0.3) is 0 Å². The summed E-state index contributed by atoms with van der Waals surface area (Å²) in [4.78, 5) is 2.65. The van der Waals surface area contributed by atoms with Gasteiger partial charge in [-0.1, -0.05) is 25.1 Å². The monoisotopic (exact) mass is 258 g/mol. The van der Waals surface area contributed by atoms with Gasteiger partial charge in [-0.3, -0.25) is 4.90 Å². The van der Waals surface area contributed by atoms with Gasteiger partial charge in [-0.2, -0.15) is 0 Å². The molecule has 1 N–H and O–H groups in total. The average molecular weight is 258 g/mol. The van der Waals surface area contributed by atoms with Gasteiger partial charge in [0.05, 0.1) is 0 Å². The van der Waals surface area contributed by atoms with Gasteiger partial charge in [0, 0.05) is 19.6 Å². The van der Waals surface area contributed by atoms with E-state index in [0.717, 1.165) is 25.6 Å². The highest BCUT2D eigenvalue weighted by atomic mass is 15.1. The molecule has 1 aromatic rings. The van der Waals surface area contributed by atoms with Crippen molar-refractivity contribution in [2.45, 2.75) is 45.7 Å². The van der Waals surface area contributed by atoms with Crippen LogP contribution >= 0.6 is 0 Å². The molecule has 0 bridgehead atoms. The summed E-state index contributed by atoms with van der Waals surface area (Å²) in [5.74, 6) is 0.992. The molecule has 2 nitrogen and oxygen atoms in total. The highest BCUT2D eigenvalue weighted by molar-refractivity contribution is 5.33. The summed E-state index contributed by atoms with van der Waals surface area (Å²) in [6, 6.07) is 7.13. The first-order valence-corrected chi connectivity index (χ1v) is 7.89. The van der Waals surface area contributed by atoms with E-state index in [1.54, 1.807) is 5.56 Å². The lowest BCUT2D eigenvalue weighted by atomic mass is 9.98. The van der Waals surface area contributed by atoms with Crippen molar-refractivity contribution in [3.05, 3.63) is 34.9 Å². The first kappa shape index (κ1) is 13.1. The zero-order chi connectivity index (χ0) is 13.1. The molecule has 0 saturated heterocycles. The quantitative estimate of drug-likeness (QED) is 0.844. The molecular formula is C17H26N2. The second-order valence-corrected chi connectivity index (χ2v) is 6.21. The van der Waals surface area contributed by atoms with Crippen LogP contribution in [0.2, 0.25) is 0 Å². The Morgan fingerprint density at radius 2 is 2.16 bits per heavy atom. The summed E-state index contributed by atoms with van der Waals surface area (Å²) in [5.41, 5.74) is 4.56. The van der Waals surface area contributed by atoms with Gasteiger partial charge in [-0.25, -0.2) is 0 Å². The first-order valence-electron chi connectivity index (χ1n) is 7.89. The SMILES string of the molecule is CCCN(Cc1ccc2c(c1)CNCC2)CC1CC1. The molecule has 1 fully saturated rings. The zero-order valence-corrected chi connectivity index (χ0v) is 12.1. The molecule has 0 unspecified atom stereocenters. The van der Waals surface area contributed by atoms with E-state index < -0.39 is 0 Å². The molecule has 104 valence electrons. The lowest BCUT2D eigenvalue weighted by Gasteiger charge is -2.23. The van der Waals surface area contributed by atoms with E-state index in [1.807, 2.05) is 0 Å². The van der Waals surface area contributed by atoms with Crippen LogP contribution < -0.4 is 5.32 Å². The fourth-order valence-corrected chi connectivity index (χ4v) is 3.11. The molecule has 0 radical (unpaired) electrons. The number of rotatable bonds is 6. The van der Waals surface area contributed by atoms with Crippen molar-refractivity contribution >= 4 is 0 Å². The highest BCUT2D eigenvalue weighted by Crippen LogP contribution is 2.30. The van der Waals surface area contributed by atoms with E-state index in [-0.39, 0.29) is 0 Å². The summed E-state index contributed by atoms with van der Waals surface area (Å²) in [5, 5.41) is 3.48. The molecule has 1 aliphatic carbocycles. The van der Waals surface area contributed by atoms with Crippen LogP contribution in [0.3, 0.4) is 0 Å². The third-order valence-electron chi connectivity index (χ3n) is 4.32. The molecule has 1 heterocycles. The highest BCUT2D eigenvalue weighted by Gasteiger charge is 2.24. The standard InChI is InChI=1S/C17H26N2/c1-2-9-19(12-14-3-4-14)13-15-5-6-16-7-8-18-11-17(16)10-15/h5-6,10,14,18H,2-4,7-9,11-13H2,1H3. The van der Waals surface area contributed by atoms with Crippen LogP contribution in [0.5, 0.6) is 0 Å². The summed E-state index contributed by atoms with van der Waals surface area (Å²) < 4.78 is 0. The fraction of sp³-hybridized carbons (Fsp3) is 0.647. The van der Waals surface area contributed by atoms with Crippen molar-refractivity contribution in [3.8, 4) is 0 Å². The predicted octanol–water partition coefficient (Wildman–Crippen LogP) is 2.95. The number of nitrogens with zero attached hydrogens (tertiary/aromatic N) is 1. The Morgan fingerprint density at radius 3 is 2.95 bits per heavy atom. The van der Waals surface area contributed by atoms with Gasteiger partial charge in [0.15, 0.2) is 0 Å². The Hall–Kier alpha value is -0.860. The summed E-state index contributed by atoms with van der Waals surface area (Å²) in [6.07, 6.45) is 5.36. The van der Waals surface area contributed by atoms with Crippen LogP contribution in [0.4, 0.5) is 0 Å². The molecule has 2 aliphatic rings. The van der Waals surface area contributed by atoms with Gasteiger partial charge in [-0.15, -0.1) is 0 Å². The Morgan fingerprint density at radius 1 is 1.26 bits per heavy atom. The topological polar surface area (TPSA) is 15.3 Å². The number of benzene rings is 1. The maximum atomic E-state index is 3.48. The minimum atomic E-state index is 0.992. The molecule has 2 heteroatoms. The molecule has 1 aromatic carbocycles. The number of hydrogen-bond donors (Lipinski definition) is 1. The third-order valence-corrected chi connectivity index (χ3v) is 4.32. The van der Waals surface area contributed by atoms with Crippen LogP contribution in [-0.4, -0.2) is 24.5 Å². The first-order chi connectivity index (χ1) is 9.35. The van der Waals surface area contributed by atoms with Crippen molar-refractivity contribution in [2.24, 2.45) is 5.92 Å². The molecule has 3 rings (SSSR count). The number of nitrogens with one attached hydrogen (secondary N) is 1. The largest absolute Gasteiger partial charge is 0.312 e. The van der Waals surface area contributed by atoms with Crippen molar-refractivity contribution in [1.82, 2.24) is 10.2 Å². The van der Waals surface area contributed by atoms with Crippen LogP contribution in [0.1, 0.15) is 42.9 Å². The van der Waals surface area contributed by atoms with Gasteiger partial charge >= 0.3 is 0 Å². The molecule has 19 heavy (non-hydrogen) atoms. The van der Waals surface area contributed by atoms with E-state index in [2.05, 4.69) is 35.3 Å². The molecule has 1 aliphatic heterocycles. The van der Waals surface area contributed by atoms with Crippen molar-refractivity contribution in [3.63, 3.8) is 0 Å². The van der Waals surface area contributed by atoms with Crippen molar-refractivity contribution < 1.29 is 0 Å². The third kappa shape index (κ3) is 3.58. The second kappa shape index (κ2) is 6.06. The van der Waals surface area contributed by atoms with Gasteiger partial charge < -0.3 is 5.32 Å². The van der Waals surface area contributed by atoms with Crippen LogP contribution in [0, 0.1) is 5.92 Å². The van der Waals surface area contributed by atoms with Gasteiger partial charge in [0.1, 0.15) is 0 Å². The van der Waals surface area contributed by atoms with E-state index >= 15 is 0 Å². The molecule has 0 atom stereocenters. The van der Waals surface area contributed by atoms with E-state index in [4.69, 9.17) is 0 Å². The molecule has 0 aromatic heterocycles. The Labute approximate surface area is 117 Å². The van der Waals surface area contributed by atoms with Crippen LogP contribution in [-0.2, 0) is 19.5 Å². The summed E-state index contributed by atoms with van der Waals surface area (Å²) in [7, 11) is 0. The van der Waals surface area contributed by atoms with Gasteiger partial charge in [0.2, 0.25) is 0 Å². The Balaban J connectivity index is 1.66. The van der Waals surface area contributed by atoms with Crippen molar-refractivity contribution in [1.29, 1.82) is 0 Å². The number of fused-ring (bicyclic) bond motifs is 1. The van der Waals surface area contributed by atoms with Gasteiger partial charge in [0.25, 0.3) is 0 Å². The average Bonchev–Trinajstić information content (AvgIpc) is 3.23. The lowest BCUT2D eigenvalue weighted by Crippen LogP contribution is -2.27. The summed E-state index contributed by atoms with van der Waals surface area (Å²) >= 11 is 0. The number of hydrogen-bond acceptors (Lipinski definition) is 2. The zero-order valence-electron chi connectivity index (χ0n) is 12.1. The van der Waals surface area contributed by atoms with E-state index in [1.165, 1.54) is 49.9 Å². The normalized spacial score (nSPS) is 18.6. The predicted molar refractivity (Wildman–Crippen MR) is 80.1 cm³/mol. The fourth-order valence-electron chi connectivity index (χ4n) is 3.11. The maximum Gasteiger partial charge on any atom is 0.0233 e. The van der Waals surface area contributed by atoms with E-state index in [9.17, 15) is 0 Å². The van der Waals surface area contributed by atoms with Gasteiger partial charge in [-0.05, 0) is 61.4 Å².